The minimum atomic E-state index is -2.53. The van der Waals surface area contributed by atoms with Crippen molar-refractivity contribution in [2.24, 2.45) is 29.6 Å². The average molecular weight is 764 g/mol. The van der Waals surface area contributed by atoms with Crippen molar-refractivity contribution < 1.29 is 58.9 Å². The molecule has 4 aliphatic rings. The third kappa shape index (κ3) is 10.3. The lowest BCUT2D eigenvalue weighted by Crippen LogP contribution is -2.57. The van der Waals surface area contributed by atoms with Crippen LogP contribution in [-0.4, -0.2) is 122 Å². The molecule has 0 radical (unpaired) electrons. The zero-order valence-electron chi connectivity index (χ0n) is 33.2. The van der Waals surface area contributed by atoms with Crippen LogP contribution in [0.15, 0.2) is 23.3 Å². The number of aliphatic hydroxyl groups is 5. The monoisotopic (exact) mass is 763 g/mol. The van der Waals surface area contributed by atoms with E-state index in [0.717, 1.165) is 10.5 Å². The second-order valence-electron chi connectivity index (χ2n) is 16.7. The highest BCUT2D eigenvalue weighted by atomic mass is 16.7. The van der Waals surface area contributed by atoms with Gasteiger partial charge in [0, 0.05) is 37.8 Å². The highest BCUT2D eigenvalue weighted by Crippen LogP contribution is 2.39. The molecule has 14 atom stereocenters. The molecule has 0 spiro atoms. The molecular weight excluding hydrogens is 698 g/mol. The van der Waals surface area contributed by atoms with Crippen molar-refractivity contribution in [1.82, 2.24) is 4.90 Å². The van der Waals surface area contributed by atoms with Crippen LogP contribution in [-0.2, 0) is 33.4 Å². The molecule has 306 valence electrons. The number of methoxy groups -OCH3 is 1. The standard InChI is InChI=1S/C41H65NO12/c1-8-28-16-22(2)15-23(3)17-34(52-7)36(47)35-19-25(5)41(51,54-35)38(48)39(49)42-14-10-9-11-29(42)40(50)53-37(26(6)31(44)21-32(28)45)24(4)18-27-12-13-30(43)33(46)20-27/h16,18,23,25-31,33-37,43-44,46-47,51H,8-15,17,19-21H2,1-7H3. The van der Waals surface area contributed by atoms with Crippen LogP contribution in [0.4, 0.5) is 0 Å². The molecule has 0 aromatic heterocycles. The summed E-state index contributed by atoms with van der Waals surface area (Å²) in [5.41, 5.74) is 1.55. The Morgan fingerprint density at radius 2 is 1.67 bits per heavy atom. The fourth-order valence-electron chi connectivity index (χ4n) is 8.93. The predicted octanol–water partition coefficient (Wildman–Crippen LogP) is 3.16. The fraction of sp³-hybridized carbons (Fsp3) is 0.805. The molecule has 2 saturated heterocycles. The van der Waals surface area contributed by atoms with Crippen LogP contribution in [0.2, 0.25) is 0 Å². The summed E-state index contributed by atoms with van der Waals surface area (Å²) in [7, 11) is 1.47. The molecule has 4 rings (SSSR count). The summed E-state index contributed by atoms with van der Waals surface area (Å²) < 4.78 is 17.7. The van der Waals surface area contributed by atoms with Crippen molar-refractivity contribution in [2.45, 2.75) is 167 Å². The number of carbonyl (C=O) groups is 4. The van der Waals surface area contributed by atoms with Gasteiger partial charge in [0.2, 0.25) is 5.79 Å². The lowest BCUT2D eigenvalue weighted by atomic mass is 9.82. The van der Waals surface area contributed by atoms with E-state index in [1.807, 2.05) is 32.9 Å². The van der Waals surface area contributed by atoms with Gasteiger partial charge in [-0.3, -0.25) is 14.4 Å². The van der Waals surface area contributed by atoms with E-state index in [9.17, 15) is 44.7 Å². The molecule has 1 aliphatic carbocycles. The van der Waals surface area contributed by atoms with Crippen molar-refractivity contribution in [3.05, 3.63) is 23.3 Å². The Labute approximate surface area is 320 Å². The molecule has 3 heterocycles. The summed E-state index contributed by atoms with van der Waals surface area (Å²) in [5, 5.41) is 55.0. The van der Waals surface area contributed by atoms with Gasteiger partial charge in [0.05, 0.1) is 30.5 Å². The van der Waals surface area contributed by atoms with Crippen molar-refractivity contribution >= 4 is 23.4 Å². The highest BCUT2D eigenvalue weighted by Gasteiger charge is 2.57. The molecule has 13 nitrogen and oxygen atoms in total. The van der Waals surface area contributed by atoms with Crippen molar-refractivity contribution in [1.29, 1.82) is 0 Å². The number of cyclic esters (lactones) is 1. The first kappa shape index (κ1) is 44.2. The van der Waals surface area contributed by atoms with Gasteiger partial charge in [-0.15, -0.1) is 0 Å². The van der Waals surface area contributed by atoms with Crippen LogP contribution >= 0.6 is 0 Å². The maximum atomic E-state index is 14.1. The molecule has 2 bridgehead atoms. The number of esters is 1. The second kappa shape index (κ2) is 19.1. The molecule has 1 saturated carbocycles. The molecule has 3 aliphatic heterocycles. The molecular formula is C41H65NO12. The quantitative estimate of drug-likeness (QED) is 0.160. The van der Waals surface area contributed by atoms with E-state index in [0.29, 0.717) is 56.9 Å². The third-order valence-electron chi connectivity index (χ3n) is 12.4. The molecule has 0 aromatic carbocycles. The predicted molar refractivity (Wildman–Crippen MR) is 198 cm³/mol. The van der Waals surface area contributed by atoms with Gasteiger partial charge in [0.25, 0.3) is 11.7 Å². The number of piperidine rings is 1. The molecule has 0 aromatic rings. The van der Waals surface area contributed by atoms with Gasteiger partial charge in [-0.05, 0) is 95.5 Å². The van der Waals surface area contributed by atoms with E-state index in [2.05, 4.69) is 0 Å². The van der Waals surface area contributed by atoms with Gasteiger partial charge in [-0.1, -0.05) is 45.4 Å². The van der Waals surface area contributed by atoms with E-state index in [-0.39, 0.29) is 43.4 Å². The van der Waals surface area contributed by atoms with E-state index in [1.165, 1.54) is 7.11 Å². The third-order valence-corrected chi connectivity index (χ3v) is 12.4. The largest absolute Gasteiger partial charge is 0.456 e. The van der Waals surface area contributed by atoms with Crippen molar-refractivity contribution in [2.75, 3.05) is 13.7 Å². The average Bonchev–Trinajstić information content (AvgIpc) is 3.45. The second-order valence-corrected chi connectivity index (χ2v) is 16.7. The Morgan fingerprint density at radius 1 is 0.963 bits per heavy atom. The maximum absolute atomic E-state index is 14.1. The van der Waals surface area contributed by atoms with Crippen LogP contribution in [0.25, 0.3) is 0 Å². The molecule has 14 unspecified atom stereocenters. The Morgan fingerprint density at radius 3 is 2.31 bits per heavy atom. The van der Waals surface area contributed by atoms with Gasteiger partial charge >= 0.3 is 5.97 Å². The Balaban J connectivity index is 1.73. The van der Waals surface area contributed by atoms with E-state index in [4.69, 9.17) is 14.2 Å². The lowest BCUT2D eigenvalue weighted by Gasteiger charge is -2.37. The fourth-order valence-corrected chi connectivity index (χ4v) is 8.93. The number of ether oxygens (including phenoxy) is 3. The number of Topliss-reactive ketones (excluding diaryl/α,β-unsaturated/α-hetero) is 2. The number of ketones is 2. The summed E-state index contributed by atoms with van der Waals surface area (Å²) in [6.07, 6.45) is 0.905. The van der Waals surface area contributed by atoms with Gasteiger partial charge in [-0.25, -0.2) is 4.79 Å². The first-order valence-electron chi connectivity index (χ1n) is 20.0. The zero-order chi connectivity index (χ0) is 40.1. The summed E-state index contributed by atoms with van der Waals surface area (Å²) in [5.74, 6) is -8.00. The first-order valence-corrected chi connectivity index (χ1v) is 20.0. The van der Waals surface area contributed by atoms with E-state index < -0.39 is 90.0 Å². The van der Waals surface area contributed by atoms with Crippen LogP contribution in [0.3, 0.4) is 0 Å². The number of carbonyl (C=O) groups excluding carboxylic acids is 4. The Hall–Kier alpha value is -2.52. The summed E-state index contributed by atoms with van der Waals surface area (Å²) in [6, 6.07) is -1.17. The molecule has 5 N–H and O–H groups in total. The van der Waals surface area contributed by atoms with Crippen LogP contribution in [0.5, 0.6) is 0 Å². The molecule has 54 heavy (non-hydrogen) atoms. The van der Waals surface area contributed by atoms with Crippen LogP contribution < -0.4 is 0 Å². The minimum Gasteiger partial charge on any atom is -0.456 e. The highest BCUT2D eigenvalue weighted by molar-refractivity contribution is 6.39. The topological polar surface area (TPSA) is 200 Å². The van der Waals surface area contributed by atoms with Crippen LogP contribution in [0.1, 0.15) is 112 Å². The van der Waals surface area contributed by atoms with E-state index >= 15 is 0 Å². The minimum absolute atomic E-state index is 0.00707. The summed E-state index contributed by atoms with van der Waals surface area (Å²) in [4.78, 5) is 56.7. The molecule has 13 heteroatoms. The van der Waals surface area contributed by atoms with E-state index in [1.54, 1.807) is 20.8 Å². The van der Waals surface area contributed by atoms with Crippen LogP contribution in [0, 0.1) is 29.6 Å². The maximum Gasteiger partial charge on any atom is 0.329 e. The number of hydrogen-bond acceptors (Lipinski definition) is 12. The van der Waals surface area contributed by atoms with Gasteiger partial charge in [0.15, 0.2) is 0 Å². The lowest BCUT2D eigenvalue weighted by molar-refractivity contribution is -0.225. The summed E-state index contributed by atoms with van der Waals surface area (Å²) >= 11 is 0. The number of hydrogen-bond donors (Lipinski definition) is 5. The number of fused-ring (bicyclic) bond motifs is 3. The number of amides is 1. The smallest absolute Gasteiger partial charge is 0.329 e. The SMILES string of the molecule is CCC1C=C(C)CC(C)CC(OC)C(O)C2CC(C)C(O)(O2)C(=O)C(=O)N2CCCCC2C(=O)OC(C(C)=CC2CCC(O)C(O)C2)C(C)C(O)CC1=O. The van der Waals surface area contributed by atoms with Crippen molar-refractivity contribution in [3.63, 3.8) is 0 Å². The number of rotatable bonds is 4. The molecule has 3 fully saturated rings. The normalized spacial score (nSPS) is 41.7. The number of allylic oxidation sites excluding steroid dienone is 3. The number of nitrogens with zero attached hydrogens (tertiary/aromatic N) is 1. The zero-order valence-corrected chi connectivity index (χ0v) is 33.2. The molecule has 1 amide bonds. The van der Waals surface area contributed by atoms with Gasteiger partial charge in [0.1, 0.15) is 24.0 Å². The Kier molecular flexibility index (Phi) is 15.6. The first-order chi connectivity index (χ1) is 25.4. The Bertz CT molecular complexity index is 1400. The van der Waals surface area contributed by atoms with Gasteiger partial charge in [-0.2, -0.15) is 0 Å². The van der Waals surface area contributed by atoms with Gasteiger partial charge < -0.3 is 44.6 Å². The number of aliphatic hydroxyl groups excluding tert-OH is 4. The van der Waals surface area contributed by atoms with Crippen molar-refractivity contribution in [3.8, 4) is 0 Å². The summed E-state index contributed by atoms with van der Waals surface area (Å²) in [6.45, 7) is 10.9.